The molecule has 1 aromatic heterocycles. The van der Waals surface area contributed by atoms with Crippen molar-refractivity contribution in [2.24, 2.45) is 17.1 Å². The number of benzene rings is 1. The van der Waals surface area contributed by atoms with E-state index in [1.165, 1.54) is 10.6 Å². The van der Waals surface area contributed by atoms with Crippen LogP contribution in [0, 0.1) is 11.3 Å². The third-order valence-corrected chi connectivity index (χ3v) is 6.94. The van der Waals surface area contributed by atoms with E-state index in [2.05, 4.69) is 46.9 Å². The molecule has 3 amide bonds. The minimum Gasteiger partial charge on any atom is -0.368 e. The predicted molar refractivity (Wildman–Crippen MR) is 153 cm³/mol. The van der Waals surface area contributed by atoms with Gasteiger partial charge in [-0.2, -0.15) is 0 Å². The first-order chi connectivity index (χ1) is 18.4. The fraction of sp³-hybridized carbons (Fsp3) is 0.533. The Bertz CT molecular complexity index is 1210. The van der Waals surface area contributed by atoms with Crippen LogP contribution in [0.15, 0.2) is 36.5 Å². The minimum atomic E-state index is -0.790. The molecule has 9 heteroatoms. The van der Waals surface area contributed by atoms with Gasteiger partial charge in [-0.05, 0) is 55.2 Å². The molecule has 4 N–H and O–H groups in total. The molecule has 0 bridgehead atoms. The van der Waals surface area contributed by atoms with E-state index in [0.717, 1.165) is 22.9 Å². The van der Waals surface area contributed by atoms with Crippen molar-refractivity contribution in [3.63, 3.8) is 0 Å². The summed E-state index contributed by atoms with van der Waals surface area (Å²) in [6, 6.07) is 7.11. The van der Waals surface area contributed by atoms with E-state index < -0.39 is 24.1 Å². The molecule has 0 aliphatic carbocycles. The average Bonchev–Trinajstić information content (AvgIpc) is 2.90. The largest absolute Gasteiger partial charge is 0.368 e. The Balaban J connectivity index is 1.59. The zero-order valence-corrected chi connectivity index (χ0v) is 24.0. The summed E-state index contributed by atoms with van der Waals surface area (Å²) in [7, 11) is 0. The summed E-state index contributed by atoms with van der Waals surface area (Å²) in [5, 5.41) is 6.41. The molecule has 212 valence electrons. The molecule has 1 fully saturated rings. The number of primary amides is 1. The Labute approximate surface area is 231 Å². The number of hydrazine groups is 1. The molecule has 3 atom stereocenters. The van der Waals surface area contributed by atoms with Gasteiger partial charge in [-0.3, -0.25) is 24.4 Å². The smallest absolute Gasteiger partial charge is 0.258 e. The van der Waals surface area contributed by atoms with Gasteiger partial charge in [0.25, 0.3) is 5.91 Å². The standard InChI is InChI=1S/C30H43N5O4/c1-7-21-10-11-22-17-32-24(16-23(22)15-21)12-13-30(5,6)18-39-26(19(2)3)28(37)33-20(4)29(38)35-14-8-9-25(34-35)27(31)36/h10-13,15-17,19-20,25-26,34H,7-9,14,18H2,1-6H3,(H2,31,36)(H,33,37). The molecule has 3 unspecified atom stereocenters. The van der Waals surface area contributed by atoms with Gasteiger partial charge in [0.1, 0.15) is 18.2 Å². The van der Waals surface area contributed by atoms with E-state index in [9.17, 15) is 14.4 Å². The van der Waals surface area contributed by atoms with Crippen LogP contribution in [0.1, 0.15) is 65.6 Å². The minimum absolute atomic E-state index is 0.102. The highest BCUT2D eigenvalue weighted by Gasteiger charge is 2.32. The lowest BCUT2D eigenvalue weighted by molar-refractivity contribution is -0.146. The summed E-state index contributed by atoms with van der Waals surface area (Å²) >= 11 is 0. The molecule has 0 radical (unpaired) electrons. The number of hydrogen-bond donors (Lipinski definition) is 3. The van der Waals surface area contributed by atoms with Crippen LogP contribution in [0.2, 0.25) is 0 Å². The van der Waals surface area contributed by atoms with Crippen LogP contribution in [-0.2, 0) is 25.5 Å². The van der Waals surface area contributed by atoms with E-state index >= 15 is 0 Å². The highest BCUT2D eigenvalue weighted by Crippen LogP contribution is 2.23. The monoisotopic (exact) mass is 537 g/mol. The zero-order chi connectivity index (χ0) is 28.7. The Morgan fingerprint density at radius 3 is 2.64 bits per heavy atom. The molecule has 1 aromatic carbocycles. The number of hydrogen-bond acceptors (Lipinski definition) is 6. The van der Waals surface area contributed by atoms with Gasteiger partial charge < -0.3 is 15.8 Å². The van der Waals surface area contributed by atoms with Gasteiger partial charge in [0.05, 0.1) is 12.3 Å². The van der Waals surface area contributed by atoms with Crippen molar-refractivity contribution >= 4 is 34.6 Å². The number of aromatic nitrogens is 1. The van der Waals surface area contributed by atoms with Crippen LogP contribution < -0.4 is 16.5 Å². The Hall–Kier alpha value is -3.30. The first-order valence-electron chi connectivity index (χ1n) is 13.8. The maximum atomic E-state index is 13.1. The normalized spacial score (nSPS) is 17.9. The number of aryl methyl sites for hydroxylation is 1. The lowest BCUT2D eigenvalue weighted by Crippen LogP contribution is -2.60. The lowest BCUT2D eigenvalue weighted by Gasteiger charge is -2.34. The van der Waals surface area contributed by atoms with Gasteiger partial charge >= 0.3 is 0 Å². The second kappa shape index (κ2) is 13.2. The van der Waals surface area contributed by atoms with Gasteiger partial charge in [0, 0.05) is 23.5 Å². The summed E-state index contributed by atoms with van der Waals surface area (Å²) in [6.45, 7) is 12.4. The summed E-state index contributed by atoms with van der Waals surface area (Å²) < 4.78 is 6.11. The summed E-state index contributed by atoms with van der Waals surface area (Å²) in [6.07, 6.45) is 7.39. The number of rotatable bonds is 11. The first-order valence-corrected chi connectivity index (χ1v) is 13.8. The number of nitrogens with one attached hydrogen (secondary N) is 2. The summed E-state index contributed by atoms with van der Waals surface area (Å²) in [5.41, 5.74) is 10.0. The molecule has 2 aromatic rings. The molecule has 3 rings (SSSR count). The lowest BCUT2D eigenvalue weighted by atomic mass is 9.93. The molecule has 1 aliphatic heterocycles. The van der Waals surface area contributed by atoms with Crippen molar-refractivity contribution in [3.05, 3.63) is 47.8 Å². The quantitative estimate of drug-likeness (QED) is 0.403. The van der Waals surface area contributed by atoms with Crippen molar-refractivity contribution in [1.82, 2.24) is 20.7 Å². The third-order valence-electron chi connectivity index (χ3n) is 6.94. The van der Waals surface area contributed by atoms with Crippen molar-refractivity contribution in [2.75, 3.05) is 13.2 Å². The van der Waals surface area contributed by atoms with Crippen LogP contribution in [0.4, 0.5) is 0 Å². The maximum absolute atomic E-state index is 13.1. The molecular formula is C30H43N5O4. The van der Waals surface area contributed by atoms with Gasteiger partial charge in [-0.1, -0.05) is 58.9 Å². The fourth-order valence-corrected chi connectivity index (χ4v) is 4.49. The predicted octanol–water partition coefficient (Wildman–Crippen LogP) is 3.36. The molecule has 9 nitrogen and oxygen atoms in total. The number of carbonyl (C=O) groups excluding carboxylic acids is 3. The highest BCUT2D eigenvalue weighted by atomic mass is 16.5. The van der Waals surface area contributed by atoms with Gasteiger partial charge in [0.2, 0.25) is 11.8 Å². The van der Waals surface area contributed by atoms with E-state index in [4.69, 9.17) is 10.5 Å². The molecule has 1 aliphatic rings. The second-order valence-corrected chi connectivity index (χ2v) is 11.4. The van der Waals surface area contributed by atoms with Crippen molar-refractivity contribution in [2.45, 2.75) is 79.0 Å². The number of fused-ring (bicyclic) bond motifs is 1. The van der Waals surface area contributed by atoms with Gasteiger partial charge in [-0.25, -0.2) is 5.43 Å². The molecule has 0 saturated carbocycles. The van der Waals surface area contributed by atoms with Crippen LogP contribution in [0.3, 0.4) is 0 Å². The highest BCUT2D eigenvalue weighted by molar-refractivity contribution is 5.89. The summed E-state index contributed by atoms with van der Waals surface area (Å²) in [4.78, 5) is 42.1. The number of carbonyl (C=O) groups is 3. The second-order valence-electron chi connectivity index (χ2n) is 11.4. The van der Waals surface area contributed by atoms with Crippen molar-refractivity contribution < 1.29 is 19.1 Å². The van der Waals surface area contributed by atoms with E-state index in [1.807, 2.05) is 46.0 Å². The number of nitrogens with two attached hydrogens (primary N) is 1. The number of ether oxygens (including phenoxy) is 1. The van der Waals surface area contributed by atoms with Crippen molar-refractivity contribution in [3.8, 4) is 0 Å². The molecule has 1 saturated heterocycles. The van der Waals surface area contributed by atoms with Gasteiger partial charge in [0.15, 0.2) is 0 Å². The first kappa shape index (κ1) is 30.2. The van der Waals surface area contributed by atoms with Crippen molar-refractivity contribution in [1.29, 1.82) is 0 Å². The number of pyridine rings is 1. The van der Waals surface area contributed by atoms with E-state index in [1.54, 1.807) is 6.92 Å². The van der Waals surface area contributed by atoms with E-state index in [-0.39, 0.29) is 23.1 Å². The maximum Gasteiger partial charge on any atom is 0.258 e. The Kier molecular flexibility index (Phi) is 10.2. The van der Waals surface area contributed by atoms with Crippen LogP contribution in [-0.4, -0.2) is 59.1 Å². The molecule has 39 heavy (non-hydrogen) atoms. The SMILES string of the molecule is CCc1ccc2cnc(C=CC(C)(C)COC(C(=O)NC(C)C(=O)N3CCCC(C(N)=O)N3)C(C)C)cc2c1. The number of amides is 3. The van der Waals surface area contributed by atoms with Gasteiger partial charge in [-0.15, -0.1) is 0 Å². The van der Waals surface area contributed by atoms with E-state index in [0.29, 0.717) is 26.0 Å². The Morgan fingerprint density at radius 2 is 1.97 bits per heavy atom. The molecule has 0 spiro atoms. The van der Waals surface area contributed by atoms with Crippen LogP contribution >= 0.6 is 0 Å². The van der Waals surface area contributed by atoms with Crippen LogP contribution in [0.25, 0.3) is 16.8 Å². The molecule has 2 heterocycles. The summed E-state index contributed by atoms with van der Waals surface area (Å²) in [5.74, 6) is -1.28. The number of nitrogens with zero attached hydrogens (tertiary/aromatic N) is 2. The molecular weight excluding hydrogens is 494 g/mol. The average molecular weight is 538 g/mol. The third kappa shape index (κ3) is 8.34. The fourth-order valence-electron chi connectivity index (χ4n) is 4.49. The zero-order valence-electron chi connectivity index (χ0n) is 24.0. The topological polar surface area (TPSA) is 127 Å². The van der Waals surface area contributed by atoms with Crippen LogP contribution in [0.5, 0.6) is 0 Å². The Morgan fingerprint density at radius 1 is 1.23 bits per heavy atom.